The molecule has 0 bridgehead atoms. The van der Waals surface area contributed by atoms with E-state index in [1.807, 2.05) is 24.3 Å². The zero-order valence-electron chi connectivity index (χ0n) is 17.0. The zero-order chi connectivity index (χ0) is 21.5. The summed E-state index contributed by atoms with van der Waals surface area (Å²) in [5.41, 5.74) is 7.17. The molecule has 9 nitrogen and oxygen atoms in total. The van der Waals surface area contributed by atoms with E-state index in [2.05, 4.69) is 10.2 Å². The van der Waals surface area contributed by atoms with Crippen LogP contribution >= 0.6 is 0 Å². The maximum Gasteiger partial charge on any atom is 0.255 e. The minimum atomic E-state index is -0.638. The Morgan fingerprint density at radius 1 is 1.07 bits per heavy atom. The maximum atomic E-state index is 12.8. The smallest absolute Gasteiger partial charge is 0.255 e. The summed E-state index contributed by atoms with van der Waals surface area (Å²) in [6, 6.07) is 10.6. The van der Waals surface area contributed by atoms with Gasteiger partial charge in [-0.05, 0) is 36.4 Å². The molecule has 3 N–H and O–H groups in total. The van der Waals surface area contributed by atoms with Gasteiger partial charge in [0, 0.05) is 30.0 Å². The zero-order valence-corrected chi connectivity index (χ0v) is 17.0. The molecule has 0 atom stereocenters. The normalized spacial score (nSPS) is 13.5. The molecule has 1 aliphatic heterocycles. The predicted molar refractivity (Wildman–Crippen MR) is 112 cm³/mol. The number of benzene rings is 2. The second-order valence-electron chi connectivity index (χ2n) is 6.57. The fourth-order valence-electron chi connectivity index (χ4n) is 3.08. The molecule has 160 valence electrons. The van der Waals surface area contributed by atoms with E-state index < -0.39 is 5.91 Å². The number of nitrogens with two attached hydrogens (primary N) is 1. The number of morpholine rings is 1. The van der Waals surface area contributed by atoms with E-state index in [0.717, 1.165) is 18.8 Å². The fourth-order valence-corrected chi connectivity index (χ4v) is 3.08. The lowest BCUT2D eigenvalue weighted by Gasteiger charge is -2.28. The number of nitrogens with zero attached hydrogens (tertiary/aromatic N) is 1. The van der Waals surface area contributed by atoms with Crippen LogP contribution in [0.1, 0.15) is 10.4 Å². The Bertz CT molecular complexity index is 869. The first kappa shape index (κ1) is 21.3. The van der Waals surface area contributed by atoms with Crippen molar-refractivity contribution in [3.05, 3.63) is 42.0 Å². The van der Waals surface area contributed by atoms with Crippen molar-refractivity contribution < 1.29 is 28.5 Å². The minimum absolute atomic E-state index is 0.199. The first-order valence-electron chi connectivity index (χ1n) is 9.43. The second kappa shape index (κ2) is 9.84. The van der Waals surface area contributed by atoms with Crippen LogP contribution < -0.4 is 30.2 Å². The molecule has 2 amide bonds. The maximum absolute atomic E-state index is 12.8. The van der Waals surface area contributed by atoms with E-state index in [1.54, 1.807) is 0 Å². The first-order valence-corrected chi connectivity index (χ1v) is 9.43. The van der Waals surface area contributed by atoms with Crippen molar-refractivity contribution in [3.63, 3.8) is 0 Å². The van der Waals surface area contributed by atoms with Crippen LogP contribution in [0.4, 0.5) is 11.4 Å². The van der Waals surface area contributed by atoms with Crippen LogP contribution in [0.3, 0.4) is 0 Å². The monoisotopic (exact) mass is 415 g/mol. The lowest BCUT2D eigenvalue weighted by molar-refractivity contribution is -0.120. The average molecular weight is 415 g/mol. The van der Waals surface area contributed by atoms with Gasteiger partial charge < -0.3 is 34.9 Å². The molecule has 1 fully saturated rings. The molecule has 0 aromatic heterocycles. The van der Waals surface area contributed by atoms with Crippen LogP contribution in [0.25, 0.3) is 0 Å². The SMILES string of the molecule is COc1cc(C(=O)Nc2ccc(N3CCOCC3)cc2)cc(OC)c1OCC(N)=O. The van der Waals surface area contributed by atoms with E-state index in [0.29, 0.717) is 24.5 Å². The van der Waals surface area contributed by atoms with E-state index >= 15 is 0 Å². The van der Waals surface area contributed by atoms with Gasteiger partial charge in [-0.3, -0.25) is 9.59 Å². The lowest BCUT2D eigenvalue weighted by atomic mass is 10.1. The summed E-state index contributed by atoms with van der Waals surface area (Å²) in [5, 5.41) is 2.85. The van der Waals surface area contributed by atoms with Crippen molar-refractivity contribution in [2.24, 2.45) is 5.73 Å². The number of ether oxygens (including phenoxy) is 4. The molecule has 3 rings (SSSR count). The van der Waals surface area contributed by atoms with E-state index in [4.69, 9.17) is 24.7 Å². The molecule has 1 heterocycles. The Kier molecular flexibility index (Phi) is 6.97. The number of methoxy groups -OCH3 is 2. The largest absolute Gasteiger partial charge is 0.493 e. The van der Waals surface area contributed by atoms with Gasteiger partial charge in [0.1, 0.15) is 0 Å². The quantitative estimate of drug-likeness (QED) is 0.674. The summed E-state index contributed by atoms with van der Waals surface area (Å²) >= 11 is 0. The number of rotatable bonds is 8. The fraction of sp³-hybridized carbons (Fsp3) is 0.333. The Balaban J connectivity index is 1.75. The van der Waals surface area contributed by atoms with Crippen molar-refractivity contribution >= 4 is 23.2 Å². The van der Waals surface area contributed by atoms with Crippen LogP contribution in [0.15, 0.2) is 36.4 Å². The molecule has 9 heteroatoms. The van der Waals surface area contributed by atoms with Crippen molar-refractivity contribution in [3.8, 4) is 17.2 Å². The van der Waals surface area contributed by atoms with Crippen molar-refractivity contribution in [1.82, 2.24) is 0 Å². The number of carbonyl (C=O) groups excluding carboxylic acids is 2. The molecular formula is C21H25N3O6. The van der Waals surface area contributed by atoms with E-state index in [1.165, 1.54) is 26.4 Å². The summed E-state index contributed by atoms with van der Waals surface area (Å²) in [7, 11) is 2.86. The van der Waals surface area contributed by atoms with E-state index in [9.17, 15) is 9.59 Å². The van der Waals surface area contributed by atoms with Gasteiger partial charge in [0.2, 0.25) is 5.75 Å². The predicted octanol–water partition coefficient (Wildman–Crippen LogP) is 1.66. The van der Waals surface area contributed by atoms with Crippen molar-refractivity contribution in [2.45, 2.75) is 0 Å². The summed E-state index contributed by atoms with van der Waals surface area (Å²) in [4.78, 5) is 26.0. The van der Waals surface area contributed by atoms with Gasteiger partial charge in [0.15, 0.2) is 18.1 Å². The average Bonchev–Trinajstić information content (AvgIpc) is 2.78. The number of carbonyl (C=O) groups is 2. The highest BCUT2D eigenvalue weighted by Crippen LogP contribution is 2.38. The second-order valence-corrected chi connectivity index (χ2v) is 6.57. The molecule has 2 aromatic carbocycles. The highest BCUT2D eigenvalue weighted by molar-refractivity contribution is 6.05. The Hall–Kier alpha value is -3.46. The molecular weight excluding hydrogens is 390 g/mol. The van der Waals surface area contributed by atoms with E-state index in [-0.39, 0.29) is 29.8 Å². The molecule has 0 radical (unpaired) electrons. The number of amides is 2. The van der Waals surface area contributed by atoms with Crippen LogP contribution in [-0.2, 0) is 9.53 Å². The number of nitrogens with one attached hydrogen (secondary N) is 1. The number of hydrogen-bond acceptors (Lipinski definition) is 7. The molecule has 0 aliphatic carbocycles. The summed E-state index contributed by atoms with van der Waals surface area (Å²) in [6.45, 7) is 2.77. The van der Waals surface area contributed by atoms with Gasteiger partial charge in [-0.1, -0.05) is 0 Å². The highest BCUT2D eigenvalue weighted by Gasteiger charge is 2.19. The highest BCUT2D eigenvalue weighted by atomic mass is 16.5. The number of anilines is 2. The third-order valence-corrected chi connectivity index (χ3v) is 4.58. The van der Waals surface area contributed by atoms with Crippen LogP contribution in [0.2, 0.25) is 0 Å². The minimum Gasteiger partial charge on any atom is -0.493 e. The molecule has 2 aromatic rings. The molecule has 1 aliphatic rings. The van der Waals surface area contributed by atoms with Crippen molar-refractivity contribution in [1.29, 1.82) is 0 Å². The summed E-state index contributed by atoms with van der Waals surface area (Å²) in [6.07, 6.45) is 0. The molecule has 0 unspecified atom stereocenters. The summed E-state index contributed by atoms with van der Waals surface area (Å²) in [5.74, 6) is -0.273. The molecule has 0 saturated carbocycles. The van der Waals surface area contributed by atoms with Gasteiger partial charge in [-0.2, -0.15) is 0 Å². The van der Waals surface area contributed by atoms with Gasteiger partial charge in [-0.15, -0.1) is 0 Å². The Morgan fingerprint density at radius 2 is 1.67 bits per heavy atom. The third-order valence-electron chi connectivity index (χ3n) is 4.58. The molecule has 0 spiro atoms. The lowest BCUT2D eigenvalue weighted by Crippen LogP contribution is -2.36. The number of hydrogen-bond donors (Lipinski definition) is 2. The standard InChI is InChI=1S/C21H25N3O6/c1-27-17-11-14(12-18(28-2)20(17)30-13-19(22)25)21(26)23-15-3-5-16(6-4-15)24-7-9-29-10-8-24/h3-6,11-12H,7-10,13H2,1-2H3,(H2,22,25)(H,23,26). The summed E-state index contributed by atoms with van der Waals surface area (Å²) < 4.78 is 21.3. The Morgan fingerprint density at radius 3 is 2.20 bits per heavy atom. The third kappa shape index (κ3) is 5.12. The van der Waals surface area contributed by atoms with Crippen LogP contribution in [0.5, 0.6) is 17.2 Å². The topological polar surface area (TPSA) is 112 Å². The van der Waals surface area contributed by atoms with Crippen LogP contribution in [-0.4, -0.2) is 58.9 Å². The van der Waals surface area contributed by atoms with Crippen molar-refractivity contribution in [2.75, 3.05) is 57.3 Å². The van der Waals surface area contributed by atoms with Gasteiger partial charge in [0.25, 0.3) is 11.8 Å². The molecule has 1 saturated heterocycles. The number of primary amides is 1. The van der Waals surface area contributed by atoms with Gasteiger partial charge >= 0.3 is 0 Å². The first-order chi connectivity index (χ1) is 14.5. The molecule has 30 heavy (non-hydrogen) atoms. The Labute approximate surface area is 174 Å². The van der Waals surface area contributed by atoms with Gasteiger partial charge in [-0.25, -0.2) is 0 Å². The van der Waals surface area contributed by atoms with Gasteiger partial charge in [0.05, 0.1) is 27.4 Å². The van der Waals surface area contributed by atoms with Crippen LogP contribution in [0, 0.1) is 0 Å².